The van der Waals surface area contributed by atoms with E-state index in [0.29, 0.717) is 6.04 Å². The van der Waals surface area contributed by atoms with Crippen LogP contribution in [0.5, 0.6) is 0 Å². The highest BCUT2D eigenvalue weighted by atomic mass is 16.4. The number of carboxylic acids is 1. The predicted octanol–water partition coefficient (Wildman–Crippen LogP) is 4.75. The van der Waals surface area contributed by atoms with Crippen molar-refractivity contribution in [1.82, 2.24) is 5.32 Å². The maximum Gasteiger partial charge on any atom is 0.306 e. The summed E-state index contributed by atoms with van der Waals surface area (Å²) in [4.78, 5) is 11.4. The summed E-state index contributed by atoms with van der Waals surface area (Å²) in [7, 11) is 0. The minimum Gasteiger partial charge on any atom is -0.481 e. The molecule has 0 fully saturated rings. The van der Waals surface area contributed by atoms with Gasteiger partial charge >= 0.3 is 5.97 Å². The van der Waals surface area contributed by atoms with E-state index in [9.17, 15) is 9.90 Å². The van der Waals surface area contributed by atoms with Gasteiger partial charge in [0.05, 0.1) is 5.92 Å². The van der Waals surface area contributed by atoms with Crippen molar-refractivity contribution >= 4 is 5.97 Å². The molecule has 2 atom stereocenters. The lowest BCUT2D eigenvalue weighted by molar-refractivity contribution is -0.142. The Hall–Kier alpha value is -0.610. The Kier molecular flexibility index (Phi) is 16.8. The van der Waals surface area contributed by atoms with Crippen LogP contribution in [0.3, 0.4) is 0 Å². The van der Waals surface area contributed by atoms with E-state index >= 15 is 0 Å². The highest BCUT2D eigenvalue weighted by molar-refractivity contribution is 5.69. The van der Waals surface area contributed by atoms with E-state index in [1.807, 2.05) is 0 Å². The SMILES string of the molecule is CCCCCCC(CCCC(CCCC)NCCCCO)C(=O)O. The fourth-order valence-electron chi connectivity index (χ4n) is 3.16. The first-order valence-corrected chi connectivity index (χ1v) is 10.2. The maximum atomic E-state index is 11.4. The van der Waals surface area contributed by atoms with Gasteiger partial charge in [-0.05, 0) is 45.1 Å². The molecule has 0 heterocycles. The van der Waals surface area contributed by atoms with Crippen molar-refractivity contribution in [2.24, 2.45) is 5.92 Å². The molecule has 144 valence electrons. The van der Waals surface area contributed by atoms with Gasteiger partial charge in [0.25, 0.3) is 0 Å². The van der Waals surface area contributed by atoms with Crippen LogP contribution in [0.1, 0.15) is 97.3 Å². The third-order valence-corrected chi connectivity index (χ3v) is 4.78. The van der Waals surface area contributed by atoms with Gasteiger partial charge in [0.15, 0.2) is 0 Å². The second-order valence-corrected chi connectivity index (χ2v) is 7.04. The summed E-state index contributed by atoms with van der Waals surface area (Å²) in [6.07, 6.45) is 13.8. The molecule has 0 saturated heterocycles. The fourth-order valence-corrected chi connectivity index (χ4v) is 3.16. The third-order valence-electron chi connectivity index (χ3n) is 4.78. The number of aliphatic hydroxyl groups is 1. The first-order valence-electron chi connectivity index (χ1n) is 10.2. The molecule has 0 spiro atoms. The average Bonchev–Trinajstić information content (AvgIpc) is 2.57. The molecule has 2 unspecified atom stereocenters. The monoisotopic (exact) mass is 343 g/mol. The van der Waals surface area contributed by atoms with Crippen molar-refractivity contribution in [3.05, 3.63) is 0 Å². The highest BCUT2D eigenvalue weighted by Crippen LogP contribution is 2.19. The Morgan fingerprint density at radius 3 is 2.12 bits per heavy atom. The molecule has 0 amide bonds. The molecule has 4 heteroatoms. The van der Waals surface area contributed by atoms with Crippen LogP contribution in [0.2, 0.25) is 0 Å². The van der Waals surface area contributed by atoms with E-state index in [0.717, 1.165) is 57.9 Å². The van der Waals surface area contributed by atoms with Gasteiger partial charge < -0.3 is 15.5 Å². The summed E-state index contributed by atoms with van der Waals surface area (Å²) in [5.41, 5.74) is 0. The maximum absolute atomic E-state index is 11.4. The molecule has 0 aromatic rings. The van der Waals surface area contributed by atoms with Crippen LogP contribution in [-0.4, -0.2) is 35.4 Å². The Bertz CT molecular complexity index is 284. The lowest BCUT2D eigenvalue weighted by Crippen LogP contribution is -2.30. The van der Waals surface area contributed by atoms with Crippen LogP contribution in [0.15, 0.2) is 0 Å². The second kappa shape index (κ2) is 17.2. The zero-order valence-electron chi connectivity index (χ0n) is 16.1. The number of aliphatic carboxylic acids is 1. The highest BCUT2D eigenvalue weighted by Gasteiger charge is 2.17. The minimum atomic E-state index is -0.618. The molecule has 0 aromatic heterocycles. The van der Waals surface area contributed by atoms with E-state index in [-0.39, 0.29) is 12.5 Å². The van der Waals surface area contributed by atoms with Gasteiger partial charge in [-0.15, -0.1) is 0 Å². The molecule has 0 aromatic carbocycles. The van der Waals surface area contributed by atoms with Crippen LogP contribution >= 0.6 is 0 Å². The summed E-state index contributed by atoms with van der Waals surface area (Å²) in [6, 6.07) is 0.498. The molecule has 24 heavy (non-hydrogen) atoms. The van der Waals surface area contributed by atoms with E-state index < -0.39 is 5.97 Å². The predicted molar refractivity (Wildman–Crippen MR) is 101 cm³/mol. The van der Waals surface area contributed by atoms with E-state index in [2.05, 4.69) is 19.2 Å². The molecule has 0 bridgehead atoms. The van der Waals surface area contributed by atoms with Crippen LogP contribution in [-0.2, 0) is 4.79 Å². The lowest BCUT2D eigenvalue weighted by atomic mass is 9.93. The Labute approximate surface area is 149 Å². The molecule has 0 aliphatic carbocycles. The number of hydrogen-bond donors (Lipinski definition) is 3. The van der Waals surface area contributed by atoms with Gasteiger partial charge in [0, 0.05) is 12.6 Å². The number of carbonyl (C=O) groups is 1. The van der Waals surface area contributed by atoms with E-state index in [1.54, 1.807) is 0 Å². The number of hydrogen-bond acceptors (Lipinski definition) is 3. The quantitative estimate of drug-likeness (QED) is 0.314. The van der Waals surface area contributed by atoms with Gasteiger partial charge in [-0.1, -0.05) is 58.8 Å². The van der Waals surface area contributed by atoms with Crippen molar-refractivity contribution in [3.8, 4) is 0 Å². The van der Waals surface area contributed by atoms with Crippen molar-refractivity contribution in [3.63, 3.8) is 0 Å². The Morgan fingerprint density at radius 1 is 0.833 bits per heavy atom. The third kappa shape index (κ3) is 13.8. The number of unbranched alkanes of at least 4 members (excludes halogenated alkanes) is 5. The van der Waals surface area contributed by atoms with Gasteiger partial charge in [-0.2, -0.15) is 0 Å². The fraction of sp³-hybridized carbons (Fsp3) is 0.950. The smallest absolute Gasteiger partial charge is 0.306 e. The van der Waals surface area contributed by atoms with Crippen molar-refractivity contribution in [1.29, 1.82) is 0 Å². The van der Waals surface area contributed by atoms with Crippen molar-refractivity contribution in [2.75, 3.05) is 13.2 Å². The Morgan fingerprint density at radius 2 is 1.50 bits per heavy atom. The van der Waals surface area contributed by atoms with Gasteiger partial charge in [-0.25, -0.2) is 0 Å². The van der Waals surface area contributed by atoms with Crippen molar-refractivity contribution in [2.45, 2.75) is 103 Å². The van der Waals surface area contributed by atoms with E-state index in [1.165, 1.54) is 32.1 Å². The molecule has 0 rings (SSSR count). The summed E-state index contributed by atoms with van der Waals surface area (Å²) in [5.74, 6) is -0.782. The average molecular weight is 344 g/mol. The van der Waals surface area contributed by atoms with Crippen LogP contribution in [0.4, 0.5) is 0 Å². The molecule has 0 radical (unpaired) electrons. The topological polar surface area (TPSA) is 69.6 Å². The number of nitrogens with one attached hydrogen (secondary N) is 1. The number of aliphatic hydroxyl groups excluding tert-OH is 1. The molecular weight excluding hydrogens is 302 g/mol. The Balaban J connectivity index is 4.05. The standard InChI is InChI=1S/C20H41NO3/c1-3-5-7-8-12-18(20(23)24)13-11-15-19(14-6-4-2)21-16-9-10-17-22/h18-19,21-22H,3-17H2,1-2H3,(H,23,24). The zero-order chi connectivity index (χ0) is 18.0. The zero-order valence-corrected chi connectivity index (χ0v) is 16.1. The normalized spacial score (nSPS) is 13.8. The summed E-state index contributed by atoms with van der Waals surface area (Å²) in [5, 5.41) is 21.8. The number of rotatable bonds is 18. The van der Waals surface area contributed by atoms with Gasteiger partial charge in [-0.3, -0.25) is 4.79 Å². The van der Waals surface area contributed by atoms with Crippen molar-refractivity contribution < 1.29 is 15.0 Å². The molecular formula is C20H41NO3. The largest absolute Gasteiger partial charge is 0.481 e. The lowest BCUT2D eigenvalue weighted by Gasteiger charge is -2.20. The summed E-state index contributed by atoms with van der Waals surface area (Å²) in [6.45, 7) is 5.60. The van der Waals surface area contributed by atoms with Crippen LogP contribution in [0.25, 0.3) is 0 Å². The summed E-state index contributed by atoms with van der Waals surface area (Å²) < 4.78 is 0. The molecule has 0 aliphatic heterocycles. The van der Waals surface area contributed by atoms with Gasteiger partial charge in [0.2, 0.25) is 0 Å². The first-order chi connectivity index (χ1) is 11.7. The first kappa shape index (κ1) is 23.4. The van der Waals surface area contributed by atoms with Crippen LogP contribution < -0.4 is 5.32 Å². The molecule has 0 aliphatic rings. The molecule has 3 N–H and O–H groups in total. The van der Waals surface area contributed by atoms with E-state index in [4.69, 9.17) is 5.11 Å². The second-order valence-electron chi connectivity index (χ2n) is 7.04. The van der Waals surface area contributed by atoms with Crippen LogP contribution in [0, 0.1) is 5.92 Å². The molecule has 0 saturated carbocycles. The summed E-state index contributed by atoms with van der Waals surface area (Å²) >= 11 is 0. The minimum absolute atomic E-state index is 0.164. The molecule has 4 nitrogen and oxygen atoms in total. The van der Waals surface area contributed by atoms with Gasteiger partial charge in [0.1, 0.15) is 0 Å². The number of carboxylic acid groups (broad SMARTS) is 1.